The van der Waals surface area contributed by atoms with E-state index in [9.17, 15) is 5.11 Å². The van der Waals surface area contributed by atoms with Crippen LogP contribution in [-0.2, 0) is 14.6 Å². The highest BCUT2D eigenvalue weighted by Crippen LogP contribution is 2.05. The molecule has 9 heavy (non-hydrogen) atoms. The summed E-state index contributed by atoms with van der Waals surface area (Å²) in [5, 5.41) is 9.71. The summed E-state index contributed by atoms with van der Waals surface area (Å²) in [6, 6.07) is 0. The molecule has 1 radical (unpaired) electrons. The van der Waals surface area contributed by atoms with Crippen LogP contribution in [0, 0.1) is 0 Å². The van der Waals surface area contributed by atoms with Crippen molar-refractivity contribution in [2.75, 3.05) is 13.6 Å². The third-order valence-electron chi connectivity index (χ3n) is 0.659. The van der Waals surface area contributed by atoms with Crippen molar-refractivity contribution >= 4 is 0 Å². The van der Waals surface area contributed by atoms with E-state index < -0.39 is 6.79 Å². The lowest BCUT2D eigenvalue weighted by Gasteiger charge is -2.18. The van der Waals surface area contributed by atoms with Gasteiger partial charge in [-0.3, -0.25) is 0 Å². The van der Waals surface area contributed by atoms with E-state index in [4.69, 9.17) is 4.74 Å². The molecule has 0 rings (SSSR count). The van der Waals surface area contributed by atoms with Crippen molar-refractivity contribution < 1.29 is 14.6 Å². The minimum atomic E-state index is -0.532. The van der Waals surface area contributed by atoms with E-state index in [2.05, 4.69) is 4.74 Å². The molecule has 0 aliphatic heterocycles. The van der Waals surface area contributed by atoms with Crippen LogP contribution in [0.2, 0.25) is 0 Å². The normalized spacial score (nSPS) is 12.0. The first-order valence-electron chi connectivity index (χ1n) is 2.86. The average molecular weight is 133 g/mol. The van der Waals surface area contributed by atoms with Crippen LogP contribution in [0.15, 0.2) is 0 Å². The molecule has 0 saturated carbocycles. The first-order chi connectivity index (χ1) is 4.06. The summed E-state index contributed by atoms with van der Waals surface area (Å²) < 4.78 is 9.48. The maximum absolute atomic E-state index is 9.71. The van der Waals surface area contributed by atoms with Gasteiger partial charge in [0.25, 0.3) is 0 Å². The van der Waals surface area contributed by atoms with Crippen LogP contribution in [0.4, 0.5) is 0 Å². The molecule has 0 spiro atoms. The van der Waals surface area contributed by atoms with Gasteiger partial charge in [-0.2, -0.15) is 0 Å². The van der Waals surface area contributed by atoms with Crippen LogP contribution in [-0.4, -0.2) is 19.2 Å². The van der Waals surface area contributed by atoms with Crippen molar-refractivity contribution in [3.63, 3.8) is 0 Å². The van der Waals surface area contributed by atoms with E-state index in [1.54, 1.807) is 0 Å². The number of rotatable bonds is 3. The van der Waals surface area contributed by atoms with Crippen LogP contribution in [0.3, 0.4) is 0 Å². The molecule has 0 N–H and O–H groups in total. The molecule has 0 aromatic heterocycles. The van der Waals surface area contributed by atoms with Gasteiger partial charge in [-0.05, 0) is 20.8 Å². The smallest absolute Gasteiger partial charge is 0.183 e. The molecule has 0 amide bonds. The van der Waals surface area contributed by atoms with Crippen LogP contribution < -0.4 is 0 Å². The van der Waals surface area contributed by atoms with Crippen molar-refractivity contribution in [3.8, 4) is 0 Å². The second kappa shape index (κ2) is 3.82. The zero-order valence-electron chi connectivity index (χ0n) is 6.14. The molecule has 0 heterocycles. The van der Waals surface area contributed by atoms with Gasteiger partial charge in [-0.15, -0.1) is 0 Å². The second-order valence-electron chi connectivity index (χ2n) is 2.70. The summed E-state index contributed by atoms with van der Waals surface area (Å²) >= 11 is 0. The standard InChI is InChI=1S/C6H13O3/c1-6(2,3)9-5-8-4-7/h4-5H2,1-3H3. The van der Waals surface area contributed by atoms with E-state index in [1.807, 2.05) is 20.8 Å². The topological polar surface area (TPSA) is 38.4 Å². The highest BCUT2D eigenvalue weighted by molar-refractivity contribution is 4.56. The van der Waals surface area contributed by atoms with Crippen LogP contribution in [0.25, 0.3) is 0 Å². The van der Waals surface area contributed by atoms with Gasteiger partial charge < -0.3 is 9.47 Å². The van der Waals surface area contributed by atoms with Crippen LogP contribution >= 0.6 is 0 Å². The summed E-state index contributed by atoms with van der Waals surface area (Å²) in [6.07, 6.45) is 0. The van der Waals surface area contributed by atoms with Crippen molar-refractivity contribution in [1.29, 1.82) is 0 Å². The third kappa shape index (κ3) is 7.88. The van der Waals surface area contributed by atoms with E-state index in [-0.39, 0.29) is 12.4 Å². The van der Waals surface area contributed by atoms with Gasteiger partial charge in [0.05, 0.1) is 5.60 Å². The Morgan fingerprint density at radius 3 is 2.22 bits per heavy atom. The first kappa shape index (κ1) is 8.88. The summed E-state index contributed by atoms with van der Waals surface area (Å²) in [4.78, 5) is 0. The quantitative estimate of drug-likeness (QED) is 0.428. The van der Waals surface area contributed by atoms with Gasteiger partial charge in [0, 0.05) is 0 Å². The number of hydrogen-bond acceptors (Lipinski definition) is 2. The summed E-state index contributed by atoms with van der Waals surface area (Å²) in [5.41, 5.74) is -0.213. The fraction of sp³-hybridized carbons (Fsp3) is 1.00. The molecule has 0 aromatic rings. The Balaban J connectivity index is 3.07. The lowest BCUT2D eigenvalue weighted by Crippen LogP contribution is -2.20. The molecule has 3 nitrogen and oxygen atoms in total. The molecule has 0 fully saturated rings. The molecular formula is C6H13O3. The first-order valence-corrected chi connectivity index (χ1v) is 2.86. The van der Waals surface area contributed by atoms with Crippen LogP contribution in [0.5, 0.6) is 0 Å². The molecule has 55 valence electrons. The minimum Gasteiger partial charge on any atom is -0.350 e. The molecule has 0 unspecified atom stereocenters. The summed E-state index contributed by atoms with van der Waals surface area (Å²) in [6.45, 7) is 5.27. The summed E-state index contributed by atoms with van der Waals surface area (Å²) in [5.74, 6) is 0. The Morgan fingerprint density at radius 1 is 1.33 bits per heavy atom. The Labute approximate surface area is 55.6 Å². The number of hydrogen-bond donors (Lipinski definition) is 0. The fourth-order valence-corrected chi connectivity index (χ4v) is 0.252. The Bertz CT molecular complexity index is 65.2. The van der Waals surface area contributed by atoms with Crippen molar-refractivity contribution in [1.82, 2.24) is 0 Å². The largest absolute Gasteiger partial charge is 0.350 e. The van der Waals surface area contributed by atoms with Gasteiger partial charge in [0.2, 0.25) is 0 Å². The van der Waals surface area contributed by atoms with Crippen LogP contribution in [0.1, 0.15) is 20.8 Å². The van der Waals surface area contributed by atoms with Crippen molar-refractivity contribution in [2.24, 2.45) is 0 Å². The summed E-state index contributed by atoms with van der Waals surface area (Å²) in [7, 11) is 0. The predicted octanol–water partition coefficient (Wildman–Crippen LogP) is 1.16. The fourth-order valence-electron chi connectivity index (χ4n) is 0.252. The monoisotopic (exact) mass is 133 g/mol. The molecular weight excluding hydrogens is 120 g/mol. The van der Waals surface area contributed by atoms with E-state index in [1.165, 1.54) is 0 Å². The molecule has 0 atom stereocenters. The lowest BCUT2D eigenvalue weighted by molar-refractivity contribution is -0.166. The van der Waals surface area contributed by atoms with Crippen molar-refractivity contribution in [3.05, 3.63) is 0 Å². The van der Waals surface area contributed by atoms with Gasteiger partial charge in [0.1, 0.15) is 6.79 Å². The Kier molecular flexibility index (Phi) is 3.77. The SMILES string of the molecule is CC(C)(C)OCOC[O]. The molecule has 0 aliphatic rings. The Hall–Kier alpha value is -0.120. The van der Waals surface area contributed by atoms with E-state index in [0.29, 0.717) is 0 Å². The molecule has 0 aliphatic carbocycles. The molecule has 0 saturated heterocycles. The lowest BCUT2D eigenvalue weighted by atomic mass is 10.2. The molecule has 0 bridgehead atoms. The second-order valence-corrected chi connectivity index (χ2v) is 2.70. The maximum atomic E-state index is 9.71. The van der Waals surface area contributed by atoms with E-state index in [0.717, 1.165) is 0 Å². The Morgan fingerprint density at radius 2 is 1.89 bits per heavy atom. The maximum Gasteiger partial charge on any atom is 0.183 e. The number of ether oxygens (including phenoxy) is 2. The zero-order chi connectivity index (χ0) is 7.33. The van der Waals surface area contributed by atoms with Gasteiger partial charge in [-0.1, -0.05) is 0 Å². The highest BCUT2D eigenvalue weighted by atomic mass is 16.7. The third-order valence-corrected chi connectivity index (χ3v) is 0.659. The average Bonchev–Trinajstić information content (AvgIpc) is 1.63. The predicted molar refractivity (Wildman–Crippen MR) is 32.3 cm³/mol. The van der Waals surface area contributed by atoms with Gasteiger partial charge in [-0.25, -0.2) is 5.11 Å². The van der Waals surface area contributed by atoms with Gasteiger partial charge >= 0.3 is 0 Å². The zero-order valence-corrected chi connectivity index (χ0v) is 6.14. The molecule has 0 aromatic carbocycles. The van der Waals surface area contributed by atoms with Crippen molar-refractivity contribution in [2.45, 2.75) is 26.4 Å². The molecule has 3 heteroatoms. The van der Waals surface area contributed by atoms with E-state index >= 15 is 0 Å². The minimum absolute atomic E-state index is 0.0903. The van der Waals surface area contributed by atoms with Gasteiger partial charge in [0.15, 0.2) is 6.79 Å². The highest BCUT2D eigenvalue weighted by Gasteiger charge is 2.08.